The number of rotatable bonds is 3. The normalized spacial score (nSPS) is 26.3. The lowest BCUT2D eigenvalue weighted by Crippen LogP contribution is -2.38. The Morgan fingerprint density at radius 2 is 1.95 bits per heavy atom. The fourth-order valence-electron chi connectivity index (χ4n) is 3.32. The van der Waals surface area contributed by atoms with Crippen LogP contribution in [0.25, 0.3) is 0 Å². The smallest absolute Gasteiger partial charge is 0.291 e. The van der Waals surface area contributed by atoms with Crippen LogP contribution in [0.2, 0.25) is 0 Å². The van der Waals surface area contributed by atoms with Gasteiger partial charge in [-0.3, -0.25) is 9.69 Å². The van der Waals surface area contributed by atoms with Crippen LogP contribution in [0.5, 0.6) is 5.75 Å². The van der Waals surface area contributed by atoms with E-state index in [1.807, 2.05) is 4.90 Å². The predicted molar refractivity (Wildman–Crippen MR) is 78.3 cm³/mol. The summed E-state index contributed by atoms with van der Waals surface area (Å²) in [6.07, 6.45) is 6.68. The minimum absolute atomic E-state index is 0.0770. The number of carbonyl (C=O) groups is 1. The molecule has 1 amide bonds. The highest BCUT2D eigenvalue weighted by Gasteiger charge is 2.37. The highest BCUT2D eigenvalue weighted by molar-refractivity contribution is 5.90. The minimum atomic E-state index is -0.0770. The lowest BCUT2D eigenvalue weighted by molar-refractivity contribution is 0.0725. The summed E-state index contributed by atoms with van der Waals surface area (Å²) in [5.74, 6) is 0.743. The van der Waals surface area contributed by atoms with Crippen LogP contribution >= 0.6 is 0 Å². The maximum atomic E-state index is 12.6. The van der Waals surface area contributed by atoms with E-state index >= 15 is 0 Å². The fourth-order valence-corrected chi connectivity index (χ4v) is 3.32. The van der Waals surface area contributed by atoms with Crippen molar-refractivity contribution < 1.29 is 9.53 Å². The van der Waals surface area contributed by atoms with E-state index in [4.69, 9.17) is 4.74 Å². The molecule has 6 heteroatoms. The van der Waals surface area contributed by atoms with Crippen molar-refractivity contribution in [2.75, 3.05) is 26.7 Å². The van der Waals surface area contributed by atoms with E-state index in [-0.39, 0.29) is 17.8 Å². The first-order chi connectivity index (χ1) is 10.2. The van der Waals surface area contributed by atoms with Gasteiger partial charge in [-0.1, -0.05) is 0 Å². The molecule has 0 spiro atoms. The van der Waals surface area contributed by atoms with Crippen molar-refractivity contribution >= 4 is 5.91 Å². The lowest BCUT2D eigenvalue weighted by Gasteiger charge is -2.23. The number of methoxy groups -OCH3 is 1. The van der Waals surface area contributed by atoms with Crippen molar-refractivity contribution in [1.29, 1.82) is 0 Å². The van der Waals surface area contributed by atoms with Crippen LogP contribution in [0.4, 0.5) is 0 Å². The summed E-state index contributed by atoms with van der Waals surface area (Å²) in [6.45, 7) is 5.23. The molecule has 0 N–H and O–H groups in total. The molecular formula is C15H22N4O2. The first-order valence-electron chi connectivity index (χ1n) is 7.60. The largest absolute Gasteiger partial charge is 0.494 e. The van der Waals surface area contributed by atoms with Crippen molar-refractivity contribution in [3.05, 3.63) is 18.2 Å². The molecule has 0 saturated carbocycles. The van der Waals surface area contributed by atoms with Gasteiger partial charge >= 0.3 is 0 Å². The average molecular weight is 290 g/mol. The SMILES string of the molecule is COc1cnc(C(=O)N2CC(N3CCCC3)CC2C)nc1. The maximum absolute atomic E-state index is 12.6. The van der Waals surface area contributed by atoms with Gasteiger partial charge in [-0.05, 0) is 39.3 Å². The van der Waals surface area contributed by atoms with Crippen molar-refractivity contribution in [3.8, 4) is 5.75 Å². The van der Waals surface area contributed by atoms with Gasteiger partial charge in [0.05, 0.1) is 19.5 Å². The molecule has 2 unspecified atom stereocenters. The molecular weight excluding hydrogens is 268 g/mol. The molecule has 0 aromatic carbocycles. The lowest BCUT2D eigenvalue weighted by atomic mass is 10.2. The number of hydrogen-bond donors (Lipinski definition) is 0. The Morgan fingerprint density at radius 1 is 1.29 bits per heavy atom. The molecule has 2 saturated heterocycles. The molecule has 2 aliphatic heterocycles. The van der Waals surface area contributed by atoms with E-state index in [1.54, 1.807) is 19.5 Å². The highest BCUT2D eigenvalue weighted by atomic mass is 16.5. The van der Waals surface area contributed by atoms with E-state index in [9.17, 15) is 4.79 Å². The molecule has 0 aliphatic carbocycles. The van der Waals surface area contributed by atoms with Gasteiger partial charge in [0, 0.05) is 18.6 Å². The Labute approximate surface area is 125 Å². The Hall–Kier alpha value is -1.69. The molecule has 2 aliphatic rings. The topological polar surface area (TPSA) is 58.6 Å². The second kappa shape index (κ2) is 5.97. The van der Waals surface area contributed by atoms with Crippen LogP contribution in [0.15, 0.2) is 12.4 Å². The average Bonchev–Trinajstić information content (AvgIpc) is 3.16. The zero-order valence-electron chi connectivity index (χ0n) is 12.7. The van der Waals surface area contributed by atoms with Gasteiger partial charge < -0.3 is 9.64 Å². The van der Waals surface area contributed by atoms with E-state index in [0.29, 0.717) is 11.8 Å². The number of likely N-dealkylation sites (tertiary alicyclic amines) is 2. The number of nitrogens with zero attached hydrogens (tertiary/aromatic N) is 4. The third kappa shape index (κ3) is 2.85. The van der Waals surface area contributed by atoms with Crippen LogP contribution in [0, 0.1) is 0 Å². The summed E-state index contributed by atoms with van der Waals surface area (Å²) < 4.78 is 5.02. The minimum Gasteiger partial charge on any atom is -0.494 e. The zero-order valence-corrected chi connectivity index (χ0v) is 12.7. The van der Waals surface area contributed by atoms with Crippen LogP contribution < -0.4 is 4.74 Å². The quantitative estimate of drug-likeness (QED) is 0.837. The van der Waals surface area contributed by atoms with Gasteiger partial charge in [-0.25, -0.2) is 9.97 Å². The number of aromatic nitrogens is 2. The van der Waals surface area contributed by atoms with E-state index in [2.05, 4.69) is 21.8 Å². The fraction of sp³-hybridized carbons (Fsp3) is 0.667. The predicted octanol–water partition coefficient (Wildman–Crippen LogP) is 1.18. The Kier molecular flexibility index (Phi) is 4.05. The molecule has 2 fully saturated rings. The first kappa shape index (κ1) is 14.3. The van der Waals surface area contributed by atoms with Crippen molar-refractivity contribution in [2.45, 2.75) is 38.3 Å². The van der Waals surface area contributed by atoms with Gasteiger partial charge in [0.2, 0.25) is 5.82 Å². The summed E-state index contributed by atoms with van der Waals surface area (Å²) in [6, 6.07) is 0.735. The van der Waals surface area contributed by atoms with Gasteiger partial charge in [-0.15, -0.1) is 0 Å². The zero-order chi connectivity index (χ0) is 14.8. The van der Waals surface area contributed by atoms with Crippen molar-refractivity contribution in [1.82, 2.24) is 19.8 Å². The molecule has 1 aromatic rings. The van der Waals surface area contributed by atoms with Gasteiger partial charge in [0.15, 0.2) is 5.75 Å². The molecule has 2 atom stereocenters. The molecule has 21 heavy (non-hydrogen) atoms. The summed E-state index contributed by atoms with van der Waals surface area (Å²) >= 11 is 0. The van der Waals surface area contributed by atoms with Gasteiger partial charge in [0.25, 0.3) is 5.91 Å². The molecule has 114 valence electrons. The van der Waals surface area contributed by atoms with E-state index < -0.39 is 0 Å². The monoisotopic (exact) mass is 290 g/mol. The standard InChI is InChI=1S/C15H22N4O2/c1-11-7-12(18-5-3-4-6-18)10-19(11)15(20)14-16-8-13(21-2)9-17-14/h8-9,11-12H,3-7,10H2,1-2H3. The highest BCUT2D eigenvalue weighted by Crippen LogP contribution is 2.26. The summed E-state index contributed by atoms with van der Waals surface area (Å²) in [7, 11) is 1.56. The van der Waals surface area contributed by atoms with Crippen LogP contribution in [0.1, 0.15) is 36.8 Å². The Balaban J connectivity index is 1.68. The second-order valence-electron chi connectivity index (χ2n) is 5.89. The Morgan fingerprint density at radius 3 is 2.57 bits per heavy atom. The van der Waals surface area contributed by atoms with Crippen molar-refractivity contribution in [2.24, 2.45) is 0 Å². The van der Waals surface area contributed by atoms with Crippen LogP contribution in [-0.2, 0) is 0 Å². The van der Waals surface area contributed by atoms with Crippen LogP contribution in [-0.4, -0.2) is 64.5 Å². The van der Waals surface area contributed by atoms with E-state index in [1.165, 1.54) is 25.9 Å². The number of carbonyl (C=O) groups excluding carboxylic acids is 1. The van der Waals surface area contributed by atoms with E-state index in [0.717, 1.165) is 13.0 Å². The third-order valence-corrected chi connectivity index (χ3v) is 4.53. The van der Waals surface area contributed by atoms with Gasteiger partial charge in [0.1, 0.15) is 0 Å². The Bertz CT molecular complexity index is 499. The summed E-state index contributed by atoms with van der Waals surface area (Å²) in [5, 5.41) is 0. The first-order valence-corrected chi connectivity index (χ1v) is 7.60. The molecule has 3 heterocycles. The molecule has 0 bridgehead atoms. The molecule has 1 aromatic heterocycles. The van der Waals surface area contributed by atoms with Crippen molar-refractivity contribution in [3.63, 3.8) is 0 Å². The molecule has 3 rings (SSSR count). The van der Waals surface area contributed by atoms with Gasteiger partial charge in [-0.2, -0.15) is 0 Å². The maximum Gasteiger partial charge on any atom is 0.291 e. The van der Waals surface area contributed by atoms with Crippen LogP contribution in [0.3, 0.4) is 0 Å². The summed E-state index contributed by atoms with van der Waals surface area (Å²) in [4.78, 5) is 25.2. The third-order valence-electron chi connectivity index (χ3n) is 4.53. The molecule has 6 nitrogen and oxygen atoms in total. The number of ether oxygens (including phenoxy) is 1. The number of hydrogen-bond acceptors (Lipinski definition) is 5. The number of amides is 1. The summed E-state index contributed by atoms with van der Waals surface area (Å²) in [5.41, 5.74) is 0. The second-order valence-corrected chi connectivity index (χ2v) is 5.89. The molecule has 0 radical (unpaired) electrons.